The Kier molecular flexibility index (Phi) is 14.4. The number of likely N-dealkylation sites (tertiary alicyclic amines) is 1. The molecule has 5 atom stereocenters. The summed E-state index contributed by atoms with van der Waals surface area (Å²) in [5, 5.41) is 26.6. The number of carbonyl (C=O) groups excluding carboxylic acids is 4. The van der Waals surface area contributed by atoms with Crippen molar-refractivity contribution in [2.45, 2.75) is 95.5 Å². The first kappa shape index (κ1) is 33.8. The molecule has 14 nitrogen and oxygen atoms in total. The fraction of sp³-hybridized carbons (Fsp3) is 0.760. The molecule has 0 unspecified atom stereocenters. The fourth-order valence-corrected chi connectivity index (χ4v) is 4.62. The summed E-state index contributed by atoms with van der Waals surface area (Å²) in [4.78, 5) is 74.8. The third-order valence-corrected chi connectivity index (χ3v) is 6.64. The van der Waals surface area contributed by atoms with Gasteiger partial charge in [-0.2, -0.15) is 0 Å². The van der Waals surface area contributed by atoms with Gasteiger partial charge in [-0.3, -0.25) is 24.0 Å². The average molecular weight is 558 g/mol. The first-order valence-electron chi connectivity index (χ1n) is 13.1. The molecule has 7 N–H and O–H groups in total. The number of aliphatic carboxylic acids is 2. The summed E-state index contributed by atoms with van der Waals surface area (Å²) in [6.45, 7) is 4.13. The number of carboxylic acids is 2. The maximum absolute atomic E-state index is 13.7. The second-order valence-corrected chi connectivity index (χ2v) is 10.1. The van der Waals surface area contributed by atoms with E-state index in [9.17, 15) is 39.0 Å². The van der Waals surface area contributed by atoms with Gasteiger partial charge in [0.15, 0.2) is 0 Å². The summed E-state index contributed by atoms with van der Waals surface area (Å²) in [5.41, 5.74) is 5.09. The molecule has 0 saturated carbocycles. The molecule has 1 saturated heterocycles. The number of nitrogens with two attached hydrogens (primary N) is 1. The van der Waals surface area contributed by atoms with Gasteiger partial charge in [-0.25, -0.2) is 4.79 Å². The molecule has 0 bridgehead atoms. The second kappa shape index (κ2) is 16.6. The predicted molar refractivity (Wildman–Crippen MR) is 139 cm³/mol. The van der Waals surface area contributed by atoms with Crippen molar-refractivity contribution >= 4 is 35.6 Å². The van der Waals surface area contributed by atoms with Crippen molar-refractivity contribution in [1.29, 1.82) is 0 Å². The molecule has 0 spiro atoms. The minimum atomic E-state index is -1.35. The van der Waals surface area contributed by atoms with Crippen LogP contribution in [-0.4, -0.2) is 102 Å². The lowest BCUT2D eigenvalue weighted by atomic mass is 9.93. The summed E-state index contributed by atoms with van der Waals surface area (Å²) in [6, 6.07) is -3.88. The largest absolute Gasteiger partial charge is 0.481 e. The van der Waals surface area contributed by atoms with Crippen LogP contribution in [0.3, 0.4) is 0 Å². The molecular formula is C25H43N5O9. The highest BCUT2D eigenvalue weighted by Gasteiger charge is 2.39. The van der Waals surface area contributed by atoms with Crippen LogP contribution in [0.1, 0.15) is 65.2 Å². The summed E-state index contributed by atoms with van der Waals surface area (Å²) in [6.07, 6.45) is -0.209. The number of ether oxygens (including phenoxy) is 1. The van der Waals surface area contributed by atoms with Crippen LogP contribution >= 0.6 is 0 Å². The molecule has 0 aliphatic carbocycles. The van der Waals surface area contributed by atoms with Crippen LogP contribution < -0.4 is 21.7 Å². The van der Waals surface area contributed by atoms with Gasteiger partial charge >= 0.3 is 11.9 Å². The van der Waals surface area contributed by atoms with E-state index in [2.05, 4.69) is 16.0 Å². The lowest BCUT2D eigenvalue weighted by Gasteiger charge is -2.42. The van der Waals surface area contributed by atoms with Gasteiger partial charge in [-0.1, -0.05) is 13.8 Å². The number of hydrogen-bond donors (Lipinski definition) is 6. The van der Waals surface area contributed by atoms with Gasteiger partial charge in [-0.05, 0) is 45.1 Å². The Hall–Kier alpha value is -3.26. The number of nitrogens with one attached hydrogen (secondary N) is 3. The summed E-state index contributed by atoms with van der Waals surface area (Å²) < 4.78 is 5.53. The number of rotatable bonds is 17. The smallest absolute Gasteiger partial charge is 0.326 e. The standard InChI is InChI=1S/C25H43N5O9/c1-14(2)12-17(27-3)23(35)29-15(8-10-22(33)34)24(36)30-11-5-6-19(39-4)18(30)13-21(32)28-16(25(37)38)7-9-20(26)31/h14-19,27H,5-13H2,1-4H3,(H2,26,31)(H,28,32)(H,29,35)(H,33,34)(H,37,38)/t15-,16-,17-,18-,19-/m0/s1. The van der Waals surface area contributed by atoms with Crippen LogP contribution in [0, 0.1) is 5.92 Å². The fourth-order valence-electron chi connectivity index (χ4n) is 4.62. The lowest BCUT2D eigenvalue weighted by Crippen LogP contribution is -2.60. The van der Waals surface area contributed by atoms with Gasteiger partial charge in [0, 0.05) is 32.9 Å². The number of methoxy groups -OCH3 is 1. The topological polar surface area (TPSA) is 217 Å². The number of piperidine rings is 1. The van der Waals surface area contributed by atoms with Crippen LogP contribution in [0.2, 0.25) is 0 Å². The molecule has 0 radical (unpaired) electrons. The molecule has 1 aliphatic heterocycles. The minimum Gasteiger partial charge on any atom is -0.481 e. The highest BCUT2D eigenvalue weighted by atomic mass is 16.5. The number of nitrogens with zero attached hydrogens (tertiary/aromatic N) is 1. The van der Waals surface area contributed by atoms with E-state index in [-0.39, 0.29) is 44.6 Å². The van der Waals surface area contributed by atoms with Crippen molar-refractivity contribution in [2.24, 2.45) is 11.7 Å². The van der Waals surface area contributed by atoms with Crippen molar-refractivity contribution in [2.75, 3.05) is 20.7 Å². The Morgan fingerprint density at radius 2 is 1.64 bits per heavy atom. The molecule has 1 aliphatic rings. The van der Waals surface area contributed by atoms with E-state index in [0.717, 1.165) is 0 Å². The number of amides is 4. The normalized spacial score (nSPS) is 19.6. The van der Waals surface area contributed by atoms with Crippen molar-refractivity contribution in [3.8, 4) is 0 Å². The third-order valence-electron chi connectivity index (χ3n) is 6.64. The monoisotopic (exact) mass is 557 g/mol. The van der Waals surface area contributed by atoms with Gasteiger partial charge in [0.05, 0.1) is 18.2 Å². The SMILES string of the molecule is CN[C@@H](CC(C)C)C(=O)N[C@@H](CCC(=O)O)C(=O)N1CCC[C@H](OC)[C@@H]1CC(=O)N[C@@H](CCC(N)=O)C(=O)O. The van der Waals surface area contributed by atoms with Gasteiger partial charge in [-0.15, -0.1) is 0 Å². The number of likely N-dealkylation sites (N-methyl/N-ethyl adjacent to an activating group) is 1. The van der Waals surface area contributed by atoms with Crippen molar-refractivity contribution in [1.82, 2.24) is 20.9 Å². The maximum atomic E-state index is 13.7. The van der Waals surface area contributed by atoms with Crippen LogP contribution in [0.25, 0.3) is 0 Å². The molecule has 4 amide bonds. The molecule has 1 fully saturated rings. The number of hydrogen-bond acceptors (Lipinski definition) is 8. The highest BCUT2D eigenvalue weighted by Crippen LogP contribution is 2.24. The first-order chi connectivity index (χ1) is 18.3. The Bertz CT molecular complexity index is 882. The zero-order valence-corrected chi connectivity index (χ0v) is 23.1. The first-order valence-corrected chi connectivity index (χ1v) is 13.1. The van der Waals surface area contributed by atoms with Gasteiger partial charge in [0.2, 0.25) is 23.6 Å². The lowest BCUT2D eigenvalue weighted by molar-refractivity contribution is -0.148. The molecule has 14 heteroatoms. The zero-order chi connectivity index (χ0) is 29.7. The molecule has 0 aromatic carbocycles. The van der Waals surface area contributed by atoms with Crippen molar-refractivity contribution in [3.63, 3.8) is 0 Å². The Balaban J connectivity index is 3.15. The molecule has 39 heavy (non-hydrogen) atoms. The van der Waals surface area contributed by atoms with E-state index >= 15 is 0 Å². The maximum Gasteiger partial charge on any atom is 0.326 e. The molecule has 0 aromatic rings. The van der Waals surface area contributed by atoms with Crippen LogP contribution in [0.15, 0.2) is 0 Å². The molecule has 1 heterocycles. The van der Waals surface area contributed by atoms with Gasteiger partial charge in [0.1, 0.15) is 12.1 Å². The van der Waals surface area contributed by atoms with E-state index in [4.69, 9.17) is 10.5 Å². The minimum absolute atomic E-state index is 0.153. The van der Waals surface area contributed by atoms with E-state index < -0.39 is 65.8 Å². The highest BCUT2D eigenvalue weighted by molar-refractivity contribution is 5.91. The Morgan fingerprint density at radius 1 is 1.00 bits per heavy atom. The van der Waals surface area contributed by atoms with Crippen molar-refractivity contribution < 1.29 is 43.7 Å². The molecule has 222 valence electrons. The van der Waals surface area contributed by atoms with Gasteiger partial charge < -0.3 is 41.5 Å². The Labute approximate surface area is 228 Å². The van der Waals surface area contributed by atoms with E-state index in [1.54, 1.807) is 7.05 Å². The molecule has 0 aromatic heterocycles. The predicted octanol–water partition coefficient (Wildman–Crippen LogP) is -0.799. The summed E-state index contributed by atoms with van der Waals surface area (Å²) in [5.74, 6) is -4.64. The third kappa shape index (κ3) is 11.6. The van der Waals surface area contributed by atoms with Gasteiger partial charge in [0.25, 0.3) is 0 Å². The van der Waals surface area contributed by atoms with Crippen LogP contribution in [0.4, 0.5) is 0 Å². The Morgan fingerprint density at radius 3 is 2.15 bits per heavy atom. The average Bonchev–Trinajstić information content (AvgIpc) is 2.86. The van der Waals surface area contributed by atoms with Crippen LogP contribution in [-0.2, 0) is 33.5 Å². The van der Waals surface area contributed by atoms with Crippen LogP contribution in [0.5, 0.6) is 0 Å². The molecule has 1 rings (SSSR count). The summed E-state index contributed by atoms with van der Waals surface area (Å²) >= 11 is 0. The number of primary amides is 1. The molecular weight excluding hydrogens is 514 g/mol. The number of carbonyl (C=O) groups is 6. The van der Waals surface area contributed by atoms with E-state index in [0.29, 0.717) is 19.3 Å². The second-order valence-electron chi connectivity index (χ2n) is 10.1. The number of carboxylic acid groups (broad SMARTS) is 2. The van der Waals surface area contributed by atoms with Crippen molar-refractivity contribution in [3.05, 3.63) is 0 Å². The van der Waals surface area contributed by atoms with E-state index in [1.807, 2.05) is 13.8 Å². The quantitative estimate of drug-likeness (QED) is 0.131. The summed E-state index contributed by atoms with van der Waals surface area (Å²) in [7, 11) is 3.06. The zero-order valence-electron chi connectivity index (χ0n) is 23.1. The van der Waals surface area contributed by atoms with E-state index in [1.165, 1.54) is 12.0 Å².